The van der Waals surface area contributed by atoms with Crippen LogP contribution in [0.5, 0.6) is 0 Å². The van der Waals surface area contributed by atoms with Gasteiger partial charge in [0.1, 0.15) is 10.6 Å². The van der Waals surface area contributed by atoms with Crippen LogP contribution in [0.4, 0.5) is 11.8 Å². The van der Waals surface area contributed by atoms with E-state index in [4.69, 9.17) is 0 Å². The maximum absolute atomic E-state index is 4.62. The molecule has 2 aromatic heterocycles. The highest BCUT2D eigenvalue weighted by atomic mass is 32.1. The Morgan fingerprint density at radius 1 is 1.20 bits per heavy atom. The second-order valence-corrected chi connectivity index (χ2v) is 7.06. The molecule has 1 aliphatic carbocycles. The van der Waals surface area contributed by atoms with Gasteiger partial charge in [0.15, 0.2) is 0 Å². The molecule has 0 bridgehead atoms. The number of fused-ring (bicyclic) bond motifs is 1. The third-order valence-electron chi connectivity index (χ3n) is 4.10. The van der Waals surface area contributed by atoms with Crippen LogP contribution in [0.2, 0.25) is 0 Å². The van der Waals surface area contributed by atoms with Gasteiger partial charge in [-0.2, -0.15) is 4.98 Å². The second kappa shape index (κ2) is 5.56. The molecule has 1 aliphatic rings. The van der Waals surface area contributed by atoms with E-state index in [0.29, 0.717) is 12.0 Å². The lowest BCUT2D eigenvalue weighted by Crippen LogP contribution is -2.25. The molecule has 2 N–H and O–H groups in total. The predicted octanol–water partition coefficient (Wildman–Crippen LogP) is 4.03. The fraction of sp³-hybridized carbons (Fsp3) is 0.600. The Balaban J connectivity index is 1.89. The van der Waals surface area contributed by atoms with Gasteiger partial charge in [0, 0.05) is 18.0 Å². The van der Waals surface area contributed by atoms with E-state index in [1.54, 1.807) is 11.3 Å². The third kappa shape index (κ3) is 2.73. The summed E-state index contributed by atoms with van der Waals surface area (Å²) in [7, 11) is 1.87. The fourth-order valence-corrected chi connectivity index (χ4v) is 3.74. The summed E-state index contributed by atoms with van der Waals surface area (Å²) in [6.45, 7) is 4.47. The Labute approximate surface area is 124 Å². The van der Waals surface area contributed by atoms with Crippen molar-refractivity contribution in [3.63, 3.8) is 0 Å². The van der Waals surface area contributed by atoms with Crippen LogP contribution in [0, 0.1) is 12.8 Å². The van der Waals surface area contributed by atoms with Gasteiger partial charge in [0.25, 0.3) is 0 Å². The lowest BCUT2D eigenvalue weighted by molar-refractivity contribution is 0.361. The number of aromatic nitrogens is 2. The topological polar surface area (TPSA) is 49.8 Å². The molecule has 0 atom stereocenters. The molecule has 0 spiro atoms. The molecule has 0 aromatic carbocycles. The molecule has 2 heterocycles. The molecule has 0 saturated heterocycles. The summed E-state index contributed by atoms with van der Waals surface area (Å²) in [4.78, 5) is 11.5. The Morgan fingerprint density at radius 2 is 1.95 bits per heavy atom. The summed E-state index contributed by atoms with van der Waals surface area (Å²) < 4.78 is 0. The number of thiophene rings is 1. The van der Waals surface area contributed by atoms with Gasteiger partial charge in [-0.25, -0.2) is 4.98 Å². The van der Waals surface area contributed by atoms with Crippen LogP contribution in [0.15, 0.2) is 6.07 Å². The SMILES string of the molecule is CNc1nc(NC2CCC(C)CC2)c2cc(C)sc2n1. The van der Waals surface area contributed by atoms with Crippen LogP contribution in [0.1, 0.15) is 37.5 Å². The molecular weight excluding hydrogens is 268 g/mol. The molecule has 5 heteroatoms. The van der Waals surface area contributed by atoms with Crippen LogP contribution in [-0.2, 0) is 0 Å². The lowest BCUT2D eigenvalue weighted by Gasteiger charge is -2.27. The predicted molar refractivity (Wildman–Crippen MR) is 86.7 cm³/mol. The number of rotatable bonds is 3. The minimum atomic E-state index is 0.550. The number of nitrogens with zero attached hydrogens (tertiary/aromatic N) is 2. The Bertz CT molecular complexity index is 599. The number of aryl methyl sites for hydroxylation is 1. The summed E-state index contributed by atoms with van der Waals surface area (Å²) in [5.74, 6) is 2.56. The van der Waals surface area contributed by atoms with Crippen molar-refractivity contribution in [3.05, 3.63) is 10.9 Å². The van der Waals surface area contributed by atoms with Crippen molar-refractivity contribution in [2.45, 2.75) is 45.6 Å². The molecule has 3 rings (SSSR count). The molecule has 0 unspecified atom stereocenters. The molecule has 4 nitrogen and oxygen atoms in total. The molecule has 108 valence electrons. The minimum Gasteiger partial charge on any atom is -0.367 e. The second-order valence-electron chi connectivity index (χ2n) is 5.82. The minimum absolute atomic E-state index is 0.550. The van der Waals surface area contributed by atoms with Crippen molar-refractivity contribution in [3.8, 4) is 0 Å². The van der Waals surface area contributed by atoms with Crippen LogP contribution >= 0.6 is 11.3 Å². The zero-order chi connectivity index (χ0) is 14.1. The zero-order valence-electron chi connectivity index (χ0n) is 12.4. The van der Waals surface area contributed by atoms with Crippen LogP contribution < -0.4 is 10.6 Å². The van der Waals surface area contributed by atoms with Crippen molar-refractivity contribution in [1.82, 2.24) is 9.97 Å². The quantitative estimate of drug-likeness (QED) is 0.896. The van der Waals surface area contributed by atoms with E-state index in [9.17, 15) is 0 Å². The Kier molecular flexibility index (Phi) is 3.78. The van der Waals surface area contributed by atoms with Gasteiger partial charge in [-0.15, -0.1) is 11.3 Å². The maximum atomic E-state index is 4.62. The van der Waals surface area contributed by atoms with Crippen molar-refractivity contribution in [2.75, 3.05) is 17.7 Å². The molecule has 1 fully saturated rings. The first kappa shape index (κ1) is 13.6. The smallest absolute Gasteiger partial charge is 0.225 e. The van der Waals surface area contributed by atoms with E-state index < -0.39 is 0 Å². The first-order valence-electron chi connectivity index (χ1n) is 7.38. The summed E-state index contributed by atoms with van der Waals surface area (Å²) in [5, 5.41) is 7.86. The van der Waals surface area contributed by atoms with E-state index in [-0.39, 0.29) is 0 Å². The molecule has 2 aromatic rings. The summed E-state index contributed by atoms with van der Waals surface area (Å²) >= 11 is 1.73. The molecule has 0 aliphatic heterocycles. The highest BCUT2D eigenvalue weighted by Gasteiger charge is 2.20. The van der Waals surface area contributed by atoms with Crippen LogP contribution in [0.3, 0.4) is 0 Å². The van der Waals surface area contributed by atoms with Gasteiger partial charge >= 0.3 is 0 Å². The largest absolute Gasteiger partial charge is 0.367 e. The van der Waals surface area contributed by atoms with Gasteiger partial charge in [-0.1, -0.05) is 6.92 Å². The first-order valence-corrected chi connectivity index (χ1v) is 8.20. The Morgan fingerprint density at radius 3 is 2.65 bits per heavy atom. The zero-order valence-corrected chi connectivity index (χ0v) is 13.2. The molecular formula is C15H22N4S. The molecule has 20 heavy (non-hydrogen) atoms. The van der Waals surface area contributed by atoms with Crippen LogP contribution in [0.25, 0.3) is 10.2 Å². The normalized spacial score (nSPS) is 22.9. The highest BCUT2D eigenvalue weighted by Crippen LogP contribution is 2.32. The Hall–Kier alpha value is -1.36. The monoisotopic (exact) mass is 290 g/mol. The standard InChI is InChI=1S/C15H22N4S/c1-9-4-6-11(7-5-9)17-13-12-8-10(2)20-14(12)19-15(16-3)18-13/h8-9,11H,4-7H2,1-3H3,(H2,16,17,18,19). The van der Waals surface area contributed by atoms with E-state index in [0.717, 1.165) is 22.0 Å². The molecule has 1 saturated carbocycles. The van der Waals surface area contributed by atoms with Gasteiger partial charge < -0.3 is 10.6 Å². The number of hydrogen-bond acceptors (Lipinski definition) is 5. The van der Waals surface area contributed by atoms with Crippen molar-refractivity contribution in [2.24, 2.45) is 5.92 Å². The fourth-order valence-electron chi connectivity index (χ4n) is 2.86. The lowest BCUT2D eigenvalue weighted by atomic mass is 9.87. The summed E-state index contributed by atoms with van der Waals surface area (Å²) in [6, 6.07) is 2.74. The summed E-state index contributed by atoms with van der Waals surface area (Å²) in [5.41, 5.74) is 0. The van der Waals surface area contributed by atoms with Crippen LogP contribution in [-0.4, -0.2) is 23.1 Å². The molecule has 0 amide bonds. The van der Waals surface area contributed by atoms with Crippen molar-refractivity contribution in [1.29, 1.82) is 0 Å². The van der Waals surface area contributed by atoms with Gasteiger partial charge in [0.2, 0.25) is 5.95 Å². The number of anilines is 2. The third-order valence-corrected chi connectivity index (χ3v) is 5.04. The van der Waals surface area contributed by atoms with Gasteiger partial charge in [0.05, 0.1) is 5.39 Å². The highest BCUT2D eigenvalue weighted by molar-refractivity contribution is 7.18. The van der Waals surface area contributed by atoms with E-state index in [1.165, 1.54) is 30.6 Å². The van der Waals surface area contributed by atoms with Gasteiger partial charge in [-0.05, 0) is 44.6 Å². The van der Waals surface area contributed by atoms with E-state index in [1.807, 2.05) is 7.05 Å². The number of nitrogens with one attached hydrogen (secondary N) is 2. The summed E-state index contributed by atoms with van der Waals surface area (Å²) in [6.07, 6.45) is 5.11. The maximum Gasteiger partial charge on any atom is 0.225 e. The first-order chi connectivity index (χ1) is 9.65. The van der Waals surface area contributed by atoms with E-state index in [2.05, 4.69) is 40.5 Å². The average Bonchev–Trinajstić information content (AvgIpc) is 2.81. The van der Waals surface area contributed by atoms with Crippen molar-refractivity contribution < 1.29 is 0 Å². The number of hydrogen-bond donors (Lipinski definition) is 2. The van der Waals surface area contributed by atoms with Gasteiger partial charge in [-0.3, -0.25) is 0 Å². The van der Waals surface area contributed by atoms with E-state index >= 15 is 0 Å². The molecule has 0 radical (unpaired) electrons. The average molecular weight is 290 g/mol. The van der Waals surface area contributed by atoms with Crippen molar-refractivity contribution >= 4 is 33.3 Å².